The summed E-state index contributed by atoms with van der Waals surface area (Å²) in [4.78, 5) is 18.1. The third kappa shape index (κ3) is 3.04. The summed E-state index contributed by atoms with van der Waals surface area (Å²) in [6, 6.07) is 10.7. The fraction of sp³-hybridized carbons (Fsp3) is 0.200. The molecule has 6 heteroatoms. The molecule has 0 unspecified atom stereocenters. The summed E-state index contributed by atoms with van der Waals surface area (Å²) in [5.41, 5.74) is 0.525. The Morgan fingerprint density at radius 1 is 1.29 bits per heavy atom. The number of halogens is 2. The first-order valence-corrected chi connectivity index (χ1v) is 7.63. The van der Waals surface area contributed by atoms with Gasteiger partial charge in [-0.15, -0.1) is 0 Å². The molecule has 1 amide bonds. The Kier molecular flexibility index (Phi) is 4.12. The summed E-state index contributed by atoms with van der Waals surface area (Å²) in [6.07, 6.45) is 1.63. The number of benzene rings is 1. The fourth-order valence-electron chi connectivity index (χ4n) is 2.10. The van der Waals surface area contributed by atoms with Crippen LogP contribution in [-0.2, 0) is 0 Å². The summed E-state index contributed by atoms with van der Waals surface area (Å²) in [6.45, 7) is 1.07. The van der Waals surface area contributed by atoms with Crippen LogP contribution in [0.25, 0.3) is 0 Å². The molecule has 0 atom stereocenters. The predicted octanol–water partition coefficient (Wildman–Crippen LogP) is 3.40. The molecular weight excluding hydrogens is 356 g/mol. The summed E-state index contributed by atoms with van der Waals surface area (Å²) >= 11 is 9.42. The zero-order chi connectivity index (χ0) is 14.8. The number of amides is 1. The predicted molar refractivity (Wildman–Crippen MR) is 83.7 cm³/mol. The van der Waals surface area contributed by atoms with E-state index < -0.39 is 0 Å². The number of likely N-dealkylation sites (tertiary alicyclic amines) is 1. The van der Waals surface area contributed by atoms with Crippen molar-refractivity contribution in [1.29, 1.82) is 0 Å². The van der Waals surface area contributed by atoms with Gasteiger partial charge in [0.15, 0.2) is 0 Å². The van der Waals surface area contributed by atoms with Gasteiger partial charge in [-0.25, -0.2) is 4.98 Å². The highest BCUT2D eigenvalue weighted by molar-refractivity contribution is 9.10. The number of carbonyl (C=O) groups excluding carboxylic acids is 1. The maximum Gasteiger partial charge on any atom is 0.255 e. The average Bonchev–Trinajstić information content (AvgIpc) is 2.44. The molecule has 0 spiro atoms. The van der Waals surface area contributed by atoms with E-state index in [9.17, 15) is 4.79 Å². The number of hydrogen-bond acceptors (Lipinski definition) is 3. The van der Waals surface area contributed by atoms with E-state index in [2.05, 4.69) is 20.9 Å². The van der Waals surface area contributed by atoms with Crippen molar-refractivity contribution in [2.75, 3.05) is 13.1 Å². The second-order valence-corrected chi connectivity index (χ2v) is 5.98. The van der Waals surface area contributed by atoms with Crippen molar-refractivity contribution in [2.45, 2.75) is 6.10 Å². The lowest BCUT2D eigenvalue weighted by Gasteiger charge is -2.38. The molecule has 1 aliphatic heterocycles. The standard InChI is InChI=1S/C15H12BrClN2O2/c16-12-5-3-7-18-14(12)21-10-8-19(9-10)15(20)11-4-1-2-6-13(11)17/h1-7,10H,8-9H2. The minimum Gasteiger partial charge on any atom is -0.470 e. The van der Waals surface area contributed by atoms with Crippen molar-refractivity contribution < 1.29 is 9.53 Å². The molecule has 1 aliphatic rings. The van der Waals surface area contributed by atoms with Crippen LogP contribution in [0.5, 0.6) is 5.88 Å². The van der Waals surface area contributed by atoms with Crippen LogP contribution in [0.15, 0.2) is 47.1 Å². The van der Waals surface area contributed by atoms with Gasteiger partial charge in [0.25, 0.3) is 5.91 Å². The zero-order valence-corrected chi connectivity index (χ0v) is 13.3. The molecular formula is C15H12BrClN2O2. The van der Waals surface area contributed by atoms with Gasteiger partial charge in [0.2, 0.25) is 5.88 Å². The van der Waals surface area contributed by atoms with Crippen molar-refractivity contribution in [3.05, 3.63) is 57.7 Å². The van der Waals surface area contributed by atoms with Gasteiger partial charge >= 0.3 is 0 Å². The fourth-order valence-corrected chi connectivity index (χ4v) is 2.66. The number of carbonyl (C=O) groups is 1. The van der Waals surface area contributed by atoms with Gasteiger partial charge in [0, 0.05) is 6.20 Å². The van der Waals surface area contributed by atoms with E-state index >= 15 is 0 Å². The van der Waals surface area contributed by atoms with E-state index in [4.69, 9.17) is 16.3 Å². The first-order valence-electron chi connectivity index (χ1n) is 6.46. The number of aromatic nitrogens is 1. The molecule has 108 valence electrons. The average molecular weight is 368 g/mol. The van der Waals surface area contributed by atoms with Crippen LogP contribution in [-0.4, -0.2) is 35.0 Å². The molecule has 2 aromatic rings. The normalized spacial score (nSPS) is 14.7. The lowest BCUT2D eigenvalue weighted by Crippen LogP contribution is -2.56. The smallest absolute Gasteiger partial charge is 0.255 e. The second-order valence-electron chi connectivity index (χ2n) is 4.72. The van der Waals surface area contributed by atoms with E-state index in [0.717, 1.165) is 4.47 Å². The van der Waals surface area contributed by atoms with Crippen LogP contribution in [0.1, 0.15) is 10.4 Å². The van der Waals surface area contributed by atoms with Crippen LogP contribution in [0.3, 0.4) is 0 Å². The largest absolute Gasteiger partial charge is 0.470 e. The third-order valence-corrected chi connectivity index (χ3v) is 4.18. The van der Waals surface area contributed by atoms with Gasteiger partial charge in [0.1, 0.15) is 6.10 Å². The zero-order valence-electron chi connectivity index (χ0n) is 11.0. The molecule has 3 rings (SSSR count). The van der Waals surface area contributed by atoms with Gasteiger partial charge in [-0.2, -0.15) is 0 Å². The van der Waals surface area contributed by atoms with Gasteiger partial charge in [-0.1, -0.05) is 23.7 Å². The van der Waals surface area contributed by atoms with Crippen molar-refractivity contribution in [3.8, 4) is 5.88 Å². The van der Waals surface area contributed by atoms with Gasteiger partial charge in [-0.05, 0) is 40.2 Å². The van der Waals surface area contributed by atoms with Crippen LogP contribution < -0.4 is 4.74 Å². The van der Waals surface area contributed by atoms with E-state index in [1.165, 1.54) is 0 Å². The van der Waals surface area contributed by atoms with Gasteiger partial charge in [0.05, 0.1) is 28.1 Å². The Morgan fingerprint density at radius 2 is 2.05 bits per heavy atom. The molecule has 2 heterocycles. The summed E-state index contributed by atoms with van der Waals surface area (Å²) in [5, 5.41) is 0.472. The molecule has 4 nitrogen and oxygen atoms in total. The molecule has 0 N–H and O–H groups in total. The van der Waals surface area contributed by atoms with Crippen LogP contribution >= 0.6 is 27.5 Å². The van der Waals surface area contributed by atoms with E-state index in [1.54, 1.807) is 35.4 Å². The van der Waals surface area contributed by atoms with Crippen LogP contribution in [0, 0.1) is 0 Å². The van der Waals surface area contributed by atoms with E-state index in [0.29, 0.717) is 29.6 Å². The molecule has 0 bridgehead atoms. The molecule has 0 radical (unpaired) electrons. The van der Waals surface area contributed by atoms with Crippen LogP contribution in [0.2, 0.25) is 5.02 Å². The van der Waals surface area contributed by atoms with Gasteiger partial charge in [-0.3, -0.25) is 4.79 Å². The van der Waals surface area contributed by atoms with E-state index in [1.807, 2.05) is 12.1 Å². The highest BCUT2D eigenvalue weighted by Gasteiger charge is 2.34. The molecule has 1 saturated heterocycles. The van der Waals surface area contributed by atoms with Crippen molar-refractivity contribution in [2.24, 2.45) is 0 Å². The summed E-state index contributed by atoms with van der Waals surface area (Å²) in [5.74, 6) is 0.480. The lowest BCUT2D eigenvalue weighted by molar-refractivity contribution is 0.0157. The first kappa shape index (κ1) is 14.4. The lowest BCUT2D eigenvalue weighted by atomic mass is 10.1. The number of ether oxygens (including phenoxy) is 1. The topological polar surface area (TPSA) is 42.4 Å². The molecule has 0 aliphatic carbocycles. The van der Waals surface area contributed by atoms with Crippen molar-refractivity contribution in [1.82, 2.24) is 9.88 Å². The molecule has 0 saturated carbocycles. The first-order chi connectivity index (χ1) is 10.1. The Hall–Kier alpha value is -1.59. The third-order valence-electron chi connectivity index (χ3n) is 3.24. The molecule has 1 fully saturated rings. The second kappa shape index (κ2) is 6.03. The van der Waals surface area contributed by atoms with E-state index in [-0.39, 0.29) is 12.0 Å². The SMILES string of the molecule is O=C(c1ccccc1Cl)N1CC(Oc2ncccc2Br)C1. The number of nitrogens with zero attached hydrogens (tertiary/aromatic N) is 2. The maximum atomic E-state index is 12.3. The number of hydrogen-bond donors (Lipinski definition) is 0. The van der Waals surface area contributed by atoms with Gasteiger partial charge < -0.3 is 9.64 Å². The molecule has 1 aromatic heterocycles. The molecule has 21 heavy (non-hydrogen) atoms. The quantitative estimate of drug-likeness (QED) is 0.835. The monoisotopic (exact) mass is 366 g/mol. The summed E-state index contributed by atoms with van der Waals surface area (Å²) in [7, 11) is 0. The number of rotatable bonds is 3. The Labute approximate surface area is 135 Å². The van der Waals surface area contributed by atoms with Crippen molar-refractivity contribution in [3.63, 3.8) is 0 Å². The Morgan fingerprint density at radius 3 is 2.76 bits per heavy atom. The molecule has 1 aromatic carbocycles. The van der Waals surface area contributed by atoms with Crippen molar-refractivity contribution >= 4 is 33.4 Å². The minimum absolute atomic E-state index is 0.0392. The Bertz CT molecular complexity index is 674. The highest BCUT2D eigenvalue weighted by Crippen LogP contribution is 2.26. The van der Waals surface area contributed by atoms with Crippen LogP contribution in [0.4, 0.5) is 0 Å². The maximum absolute atomic E-state index is 12.3. The Balaban J connectivity index is 1.60. The summed E-state index contributed by atoms with van der Waals surface area (Å²) < 4.78 is 6.55. The minimum atomic E-state index is -0.0689. The number of pyridine rings is 1. The highest BCUT2D eigenvalue weighted by atomic mass is 79.9.